The van der Waals surface area contributed by atoms with E-state index in [-0.39, 0.29) is 0 Å². The molecule has 0 fully saturated rings. The molecule has 12 rings (SSSR count). The van der Waals surface area contributed by atoms with Crippen LogP contribution < -0.4 is 0 Å². The summed E-state index contributed by atoms with van der Waals surface area (Å²) in [6.45, 7) is 0. The van der Waals surface area contributed by atoms with Crippen molar-refractivity contribution < 1.29 is 0 Å². The van der Waals surface area contributed by atoms with Gasteiger partial charge in [-0.15, -0.1) is 0 Å². The molecule has 0 atom stereocenters. The number of aromatic nitrogens is 2. The molecule has 10 aromatic carbocycles. The summed E-state index contributed by atoms with van der Waals surface area (Å²) in [6.07, 6.45) is 0. The Hall–Kier alpha value is -7.94. The Labute approximate surface area is 348 Å². The molecule has 2 nitrogen and oxygen atoms in total. The van der Waals surface area contributed by atoms with Crippen molar-refractivity contribution in [3.05, 3.63) is 231 Å². The van der Waals surface area contributed by atoms with Crippen molar-refractivity contribution >= 4 is 54.4 Å². The van der Waals surface area contributed by atoms with Crippen LogP contribution in [0.15, 0.2) is 231 Å². The van der Waals surface area contributed by atoms with E-state index in [1.165, 1.54) is 98.9 Å². The third kappa shape index (κ3) is 5.57. The van der Waals surface area contributed by atoms with Crippen LogP contribution in [0.25, 0.3) is 110 Å². The molecule has 280 valence electrons. The first-order valence-corrected chi connectivity index (χ1v) is 20.7. The molecular formula is C58H38N2. The third-order valence-electron chi connectivity index (χ3n) is 12.3. The maximum Gasteiger partial charge on any atom is 0.0541 e. The van der Waals surface area contributed by atoms with E-state index in [0.29, 0.717) is 0 Å². The van der Waals surface area contributed by atoms with Crippen LogP contribution in [0.3, 0.4) is 0 Å². The number of hydrogen-bond acceptors (Lipinski definition) is 0. The molecule has 12 aromatic rings. The fourth-order valence-electron chi connectivity index (χ4n) is 9.42. The lowest BCUT2D eigenvalue weighted by molar-refractivity contribution is 1.18. The predicted octanol–water partition coefficient (Wildman–Crippen LogP) is 15.7. The maximum atomic E-state index is 2.43. The smallest absolute Gasteiger partial charge is 0.0541 e. The van der Waals surface area contributed by atoms with Gasteiger partial charge in [-0.25, -0.2) is 0 Å². The second-order valence-electron chi connectivity index (χ2n) is 15.7. The fraction of sp³-hybridized carbons (Fsp3) is 0. The first-order chi connectivity index (χ1) is 29.7. The summed E-state index contributed by atoms with van der Waals surface area (Å²) in [7, 11) is 0. The molecule has 0 spiro atoms. The van der Waals surface area contributed by atoms with E-state index in [1.54, 1.807) is 0 Å². The third-order valence-corrected chi connectivity index (χ3v) is 12.3. The van der Waals surface area contributed by atoms with E-state index in [0.717, 1.165) is 11.4 Å². The lowest BCUT2D eigenvalue weighted by Crippen LogP contribution is -1.94. The Balaban J connectivity index is 0.996. The second-order valence-corrected chi connectivity index (χ2v) is 15.7. The van der Waals surface area contributed by atoms with Crippen LogP contribution >= 0.6 is 0 Å². The zero-order chi connectivity index (χ0) is 39.6. The molecular weight excluding hydrogens is 725 g/mol. The van der Waals surface area contributed by atoms with Crippen LogP contribution in [0.4, 0.5) is 0 Å². The van der Waals surface area contributed by atoms with Crippen molar-refractivity contribution in [1.29, 1.82) is 0 Å². The summed E-state index contributed by atoms with van der Waals surface area (Å²) in [6, 6.07) is 84.2. The van der Waals surface area contributed by atoms with E-state index >= 15 is 0 Å². The lowest BCUT2D eigenvalue weighted by atomic mass is 9.98. The van der Waals surface area contributed by atoms with Gasteiger partial charge in [-0.2, -0.15) is 0 Å². The number of fused-ring (bicyclic) bond motifs is 7. The Morgan fingerprint density at radius 1 is 0.217 bits per heavy atom. The van der Waals surface area contributed by atoms with Gasteiger partial charge < -0.3 is 9.13 Å². The number of nitrogens with zero attached hydrogens (tertiary/aromatic N) is 2. The van der Waals surface area contributed by atoms with Crippen LogP contribution in [0.2, 0.25) is 0 Å². The van der Waals surface area contributed by atoms with Crippen molar-refractivity contribution in [1.82, 2.24) is 9.13 Å². The average Bonchev–Trinajstić information content (AvgIpc) is 3.84. The average molecular weight is 763 g/mol. The van der Waals surface area contributed by atoms with Gasteiger partial charge >= 0.3 is 0 Å². The normalized spacial score (nSPS) is 11.7. The molecule has 60 heavy (non-hydrogen) atoms. The van der Waals surface area contributed by atoms with Crippen LogP contribution in [0, 0.1) is 0 Å². The SMILES string of the molecule is c1ccc(-c2ccc(-n3c4ccccc4c4cc(-c5ccc6c(c5)c5cc(-c7ccccc7)ccc5n6-c5ccc(-c6cccc7ccccc67)cc5)ccc43)cc2)cc1. The molecule has 0 N–H and O–H groups in total. The number of rotatable bonds is 6. The van der Waals surface area contributed by atoms with Crippen molar-refractivity contribution in [2.75, 3.05) is 0 Å². The van der Waals surface area contributed by atoms with Gasteiger partial charge in [-0.3, -0.25) is 0 Å². The molecule has 0 bridgehead atoms. The summed E-state index contributed by atoms with van der Waals surface area (Å²) < 4.78 is 4.83. The maximum absolute atomic E-state index is 2.43. The zero-order valence-electron chi connectivity index (χ0n) is 32.8. The standard InChI is InChI=1S/C58H38N2/c1-3-12-39(13-4-1)41-22-29-47(30-23-41)59-55-21-10-9-19-51(55)52-37-45(27-34-56(52)59)46-28-35-58-54(38-46)53-36-44(40-14-5-2-6-15-40)26-33-57(53)60(58)48-31-24-43(25-32-48)50-20-11-17-42-16-7-8-18-49(42)50/h1-38H. The largest absolute Gasteiger partial charge is 0.309 e. The van der Waals surface area contributed by atoms with E-state index in [9.17, 15) is 0 Å². The summed E-state index contributed by atoms with van der Waals surface area (Å²) in [5.74, 6) is 0. The van der Waals surface area contributed by atoms with Gasteiger partial charge in [-0.1, -0.05) is 164 Å². The molecule has 2 heterocycles. The van der Waals surface area contributed by atoms with Crippen LogP contribution in [0.5, 0.6) is 0 Å². The summed E-state index contributed by atoms with van der Waals surface area (Å²) in [4.78, 5) is 0. The van der Waals surface area contributed by atoms with Gasteiger partial charge in [0.15, 0.2) is 0 Å². The minimum absolute atomic E-state index is 1.14. The van der Waals surface area contributed by atoms with Gasteiger partial charge in [0.05, 0.1) is 22.1 Å². The minimum Gasteiger partial charge on any atom is -0.309 e. The van der Waals surface area contributed by atoms with Crippen molar-refractivity contribution in [3.63, 3.8) is 0 Å². The molecule has 0 aliphatic heterocycles. The Bertz CT molecular complexity index is 3550. The molecule has 0 unspecified atom stereocenters. The number of hydrogen-bond donors (Lipinski definition) is 0. The highest BCUT2D eigenvalue weighted by atomic mass is 15.0. The van der Waals surface area contributed by atoms with Gasteiger partial charge in [0.2, 0.25) is 0 Å². The number of para-hydroxylation sites is 1. The second kappa shape index (κ2) is 13.9. The van der Waals surface area contributed by atoms with Crippen molar-refractivity contribution in [2.45, 2.75) is 0 Å². The van der Waals surface area contributed by atoms with Gasteiger partial charge in [0.1, 0.15) is 0 Å². The highest BCUT2D eigenvalue weighted by Gasteiger charge is 2.17. The van der Waals surface area contributed by atoms with Gasteiger partial charge in [0.25, 0.3) is 0 Å². The van der Waals surface area contributed by atoms with E-state index < -0.39 is 0 Å². The van der Waals surface area contributed by atoms with Gasteiger partial charge in [-0.05, 0) is 122 Å². The van der Waals surface area contributed by atoms with Crippen LogP contribution in [-0.2, 0) is 0 Å². The van der Waals surface area contributed by atoms with Crippen molar-refractivity contribution in [3.8, 4) is 55.9 Å². The molecule has 2 aromatic heterocycles. The molecule has 0 saturated heterocycles. The first kappa shape index (κ1) is 34.1. The summed E-state index contributed by atoms with van der Waals surface area (Å²) in [5, 5.41) is 7.49. The Morgan fingerprint density at radius 2 is 0.600 bits per heavy atom. The molecule has 0 saturated carbocycles. The predicted molar refractivity (Wildman–Crippen MR) is 254 cm³/mol. The van der Waals surface area contributed by atoms with Crippen LogP contribution in [0.1, 0.15) is 0 Å². The quantitative estimate of drug-likeness (QED) is 0.160. The van der Waals surface area contributed by atoms with E-state index in [2.05, 4.69) is 240 Å². The fourth-order valence-corrected chi connectivity index (χ4v) is 9.42. The lowest BCUT2D eigenvalue weighted by Gasteiger charge is -2.11. The minimum atomic E-state index is 1.14. The van der Waals surface area contributed by atoms with E-state index in [1.807, 2.05) is 0 Å². The topological polar surface area (TPSA) is 9.86 Å². The summed E-state index contributed by atoms with van der Waals surface area (Å²) in [5.41, 5.74) is 16.8. The first-order valence-electron chi connectivity index (χ1n) is 20.7. The zero-order valence-corrected chi connectivity index (χ0v) is 32.8. The molecule has 0 radical (unpaired) electrons. The van der Waals surface area contributed by atoms with Crippen molar-refractivity contribution in [2.24, 2.45) is 0 Å². The number of benzene rings is 10. The Kier molecular flexibility index (Phi) is 7.89. The van der Waals surface area contributed by atoms with Crippen LogP contribution in [-0.4, -0.2) is 9.13 Å². The monoisotopic (exact) mass is 762 g/mol. The van der Waals surface area contributed by atoms with Gasteiger partial charge in [0, 0.05) is 32.9 Å². The molecule has 0 aliphatic rings. The molecule has 0 amide bonds. The highest BCUT2D eigenvalue weighted by Crippen LogP contribution is 2.40. The Morgan fingerprint density at radius 3 is 1.18 bits per heavy atom. The summed E-state index contributed by atoms with van der Waals surface area (Å²) >= 11 is 0. The van der Waals surface area contributed by atoms with E-state index in [4.69, 9.17) is 0 Å². The molecule has 0 aliphatic carbocycles. The molecule has 2 heteroatoms. The highest BCUT2D eigenvalue weighted by molar-refractivity contribution is 6.13.